The van der Waals surface area contributed by atoms with Gasteiger partial charge in [0.2, 0.25) is 5.95 Å². The third-order valence-electron chi connectivity index (χ3n) is 6.50. The van der Waals surface area contributed by atoms with Crippen molar-refractivity contribution >= 4 is 26.8 Å². The number of aliphatic hydroxyl groups excluding tert-OH is 1. The van der Waals surface area contributed by atoms with E-state index in [1.165, 1.54) is 12.3 Å². The Labute approximate surface area is 208 Å². The zero-order chi connectivity index (χ0) is 26.4. The summed E-state index contributed by atoms with van der Waals surface area (Å²) in [6.07, 6.45) is -0.610. The van der Waals surface area contributed by atoms with E-state index in [1.54, 1.807) is 11.0 Å². The van der Waals surface area contributed by atoms with Crippen LogP contribution in [0, 0.1) is 5.92 Å². The summed E-state index contributed by atoms with van der Waals surface area (Å²) in [5.74, 6) is 0.519. The van der Waals surface area contributed by atoms with Crippen LogP contribution in [0.2, 0.25) is 0 Å². The normalized spacial score (nSPS) is 16.7. The second kappa shape index (κ2) is 9.62. The summed E-state index contributed by atoms with van der Waals surface area (Å²) >= 11 is 0. The molecule has 196 valence electrons. The van der Waals surface area contributed by atoms with Gasteiger partial charge in [0.1, 0.15) is 5.82 Å². The molecule has 0 aliphatic carbocycles. The van der Waals surface area contributed by atoms with Crippen LogP contribution < -0.4 is 4.90 Å². The van der Waals surface area contributed by atoms with E-state index in [0.29, 0.717) is 36.4 Å². The molecule has 36 heavy (non-hydrogen) atoms. The van der Waals surface area contributed by atoms with E-state index in [4.69, 9.17) is 4.98 Å². The molecule has 1 N–H and O–H groups in total. The van der Waals surface area contributed by atoms with Gasteiger partial charge in [0.25, 0.3) is 0 Å². The molecule has 3 heterocycles. The molecule has 1 aliphatic heterocycles. The molecule has 0 fully saturated rings. The van der Waals surface area contributed by atoms with Gasteiger partial charge in [-0.1, -0.05) is 27.2 Å². The largest absolute Gasteiger partial charge is 0.433 e. The lowest BCUT2D eigenvalue weighted by molar-refractivity contribution is -0.141. The number of hydrogen-bond acceptors (Lipinski definition) is 7. The molecule has 0 amide bonds. The predicted molar refractivity (Wildman–Crippen MR) is 129 cm³/mol. The van der Waals surface area contributed by atoms with E-state index in [9.17, 15) is 26.7 Å². The highest BCUT2D eigenvalue weighted by atomic mass is 32.2. The summed E-state index contributed by atoms with van der Waals surface area (Å²) in [7, 11) is -3.59. The van der Waals surface area contributed by atoms with Gasteiger partial charge in [-0.15, -0.1) is 0 Å². The molecule has 8 nitrogen and oxygen atoms in total. The summed E-state index contributed by atoms with van der Waals surface area (Å²) in [5.41, 5.74) is 0.538. The number of rotatable bonds is 7. The van der Waals surface area contributed by atoms with Crippen molar-refractivity contribution in [1.82, 2.24) is 19.5 Å². The van der Waals surface area contributed by atoms with Gasteiger partial charge in [0.05, 0.1) is 28.6 Å². The van der Waals surface area contributed by atoms with Gasteiger partial charge in [-0.25, -0.2) is 23.4 Å². The van der Waals surface area contributed by atoms with Gasteiger partial charge < -0.3 is 14.6 Å². The van der Waals surface area contributed by atoms with Gasteiger partial charge in [-0.2, -0.15) is 13.2 Å². The van der Waals surface area contributed by atoms with Gasteiger partial charge >= 0.3 is 6.18 Å². The molecular weight excluding hydrogens is 495 g/mol. The highest BCUT2D eigenvalue weighted by molar-refractivity contribution is 7.90. The highest BCUT2D eigenvalue weighted by Crippen LogP contribution is 2.39. The van der Waals surface area contributed by atoms with E-state index >= 15 is 0 Å². The first-order chi connectivity index (χ1) is 16.9. The van der Waals surface area contributed by atoms with Crippen LogP contribution >= 0.6 is 0 Å². The number of unbranched alkanes of at least 4 members (excludes halogenated alkanes) is 1. The van der Waals surface area contributed by atoms with E-state index in [1.807, 2.05) is 25.3 Å². The van der Waals surface area contributed by atoms with Crippen LogP contribution in [0.4, 0.5) is 19.1 Å². The van der Waals surface area contributed by atoms with Crippen molar-refractivity contribution in [3.05, 3.63) is 41.0 Å². The fourth-order valence-corrected chi connectivity index (χ4v) is 5.77. The zero-order valence-corrected chi connectivity index (χ0v) is 21.5. The number of anilines is 1. The van der Waals surface area contributed by atoms with Crippen molar-refractivity contribution < 1.29 is 26.7 Å². The second-order valence-electron chi connectivity index (χ2n) is 9.53. The van der Waals surface area contributed by atoms with Crippen molar-refractivity contribution in [3.8, 4) is 0 Å². The Bertz CT molecular complexity index is 1390. The third kappa shape index (κ3) is 4.80. The van der Waals surface area contributed by atoms with E-state index in [-0.39, 0.29) is 34.3 Å². The number of imidazole rings is 1. The summed E-state index contributed by atoms with van der Waals surface area (Å²) < 4.78 is 68.1. The first-order valence-corrected chi connectivity index (χ1v) is 13.8. The Balaban J connectivity index is 1.84. The Hall–Kier alpha value is -2.73. The maximum atomic E-state index is 13.9. The quantitative estimate of drug-likeness (QED) is 0.491. The van der Waals surface area contributed by atoms with Gasteiger partial charge in [0, 0.05) is 31.1 Å². The summed E-state index contributed by atoms with van der Waals surface area (Å²) in [4.78, 5) is 14.8. The first kappa shape index (κ1) is 26.3. The molecule has 2 aromatic heterocycles. The van der Waals surface area contributed by atoms with E-state index in [0.717, 1.165) is 12.7 Å². The number of hydrogen-bond donors (Lipinski definition) is 1. The van der Waals surface area contributed by atoms with Gasteiger partial charge in [-0.3, -0.25) is 0 Å². The number of aromatic nitrogens is 4. The smallest absolute Gasteiger partial charge is 0.392 e. The van der Waals surface area contributed by atoms with E-state index in [2.05, 4.69) is 9.97 Å². The molecular formula is C24H30F3N5O3S. The van der Waals surface area contributed by atoms with Crippen LogP contribution in [0.1, 0.15) is 62.3 Å². The van der Waals surface area contributed by atoms with Gasteiger partial charge in [-0.05, 0) is 36.5 Å². The number of alkyl halides is 3. The molecule has 0 saturated carbocycles. The van der Waals surface area contributed by atoms with Crippen molar-refractivity contribution in [3.63, 3.8) is 0 Å². The average Bonchev–Trinajstić information content (AvgIpc) is 3.17. The molecule has 4 rings (SSSR count). The zero-order valence-electron chi connectivity index (χ0n) is 20.7. The summed E-state index contributed by atoms with van der Waals surface area (Å²) in [5, 5.41) is 9.73. The fraction of sp³-hybridized carbons (Fsp3) is 0.542. The fourth-order valence-electron chi connectivity index (χ4n) is 4.84. The van der Waals surface area contributed by atoms with Crippen LogP contribution in [0.15, 0.2) is 23.2 Å². The molecule has 0 spiro atoms. The number of halogens is 3. The number of aryl methyl sites for hydroxylation is 1. The molecule has 0 radical (unpaired) electrons. The maximum Gasteiger partial charge on any atom is 0.433 e. The van der Waals surface area contributed by atoms with Gasteiger partial charge in [0.15, 0.2) is 15.5 Å². The molecule has 0 bridgehead atoms. The third-order valence-corrected chi connectivity index (χ3v) is 7.68. The van der Waals surface area contributed by atoms with Crippen LogP contribution in [0.5, 0.6) is 0 Å². The lowest BCUT2D eigenvalue weighted by Crippen LogP contribution is -2.42. The minimum Gasteiger partial charge on any atom is -0.392 e. The number of benzene rings is 1. The lowest BCUT2D eigenvalue weighted by atomic mass is 10.00. The first-order valence-electron chi connectivity index (χ1n) is 11.9. The molecule has 12 heteroatoms. The average molecular weight is 526 g/mol. The minimum absolute atomic E-state index is 0.00699. The van der Waals surface area contributed by atoms with Crippen LogP contribution in [0.3, 0.4) is 0 Å². The summed E-state index contributed by atoms with van der Waals surface area (Å²) in [6.45, 7) is 6.01. The molecule has 0 saturated heterocycles. The topological polar surface area (TPSA) is 101 Å². The predicted octanol–water partition coefficient (Wildman–Crippen LogP) is 4.30. The Kier molecular flexibility index (Phi) is 7.04. The van der Waals surface area contributed by atoms with Crippen molar-refractivity contribution in [2.45, 2.75) is 70.3 Å². The number of sulfone groups is 1. The maximum absolute atomic E-state index is 13.9. The van der Waals surface area contributed by atoms with Crippen LogP contribution in [0.25, 0.3) is 11.0 Å². The summed E-state index contributed by atoms with van der Waals surface area (Å²) in [6, 6.07) is 2.63. The number of aliphatic hydroxyl groups is 1. The minimum atomic E-state index is -4.60. The van der Waals surface area contributed by atoms with Crippen molar-refractivity contribution in [2.24, 2.45) is 5.92 Å². The standard InChI is InChI=1S/C24H30F3N5O3S/c1-5-6-7-15-12-28-23(30-21(15)24(25,26)27)32-9-8-31-18-11-19(36(4,34)35)16(13-33)10-17(18)29-22(31)20(32)14(2)3/h10-12,14,20,33H,5-9,13H2,1-4H3. The van der Waals surface area contributed by atoms with Crippen LogP contribution in [-0.2, 0) is 35.6 Å². The number of fused-ring (bicyclic) bond motifs is 3. The Morgan fingerprint density at radius 1 is 1.17 bits per heavy atom. The van der Waals surface area contributed by atoms with E-state index < -0.39 is 34.4 Å². The van der Waals surface area contributed by atoms with Crippen molar-refractivity contribution in [2.75, 3.05) is 17.7 Å². The molecule has 1 aromatic carbocycles. The van der Waals surface area contributed by atoms with Crippen LogP contribution in [-0.4, -0.2) is 45.8 Å². The Morgan fingerprint density at radius 2 is 1.89 bits per heavy atom. The highest BCUT2D eigenvalue weighted by Gasteiger charge is 2.39. The second-order valence-corrected chi connectivity index (χ2v) is 11.5. The van der Waals surface area contributed by atoms with Crippen molar-refractivity contribution in [1.29, 1.82) is 0 Å². The SMILES string of the molecule is CCCCc1cnc(N2CCn3c(nc4cc(CO)c(S(C)(=O)=O)cc43)C2C(C)C)nc1C(F)(F)F. The molecule has 1 atom stereocenters. The Morgan fingerprint density at radius 3 is 2.47 bits per heavy atom. The monoisotopic (exact) mass is 525 g/mol. The lowest BCUT2D eigenvalue weighted by Gasteiger charge is -2.38. The molecule has 1 unspecified atom stereocenters. The molecule has 3 aromatic rings. The molecule has 1 aliphatic rings. The number of nitrogens with zero attached hydrogens (tertiary/aromatic N) is 5.